The minimum Gasteiger partial charge on any atom is -0.455 e. The standard InChI is InChI=1S/C58H39NO/c1-3-16-40(17-4-1)41-30-32-43(33-31-41)50-24-11-13-28-54(50)59(55-39-46-20-7-8-23-49(46)51-25-9-10-26-52(51)55)48-36-34-42(35-37-48)45-21-15-22-47(38-45)58-57(44-18-5-2-6-19-44)53-27-12-14-29-56(53)60-58/h1-39H. The van der Waals surface area contributed by atoms with E-state index in [1.54, 1.807) is 0 Å². The predicted molar refractivity (Wildman–Crippen MR) is 253 cm³/mol. The summed E-state index contributed by atoms with van der Waals surface area (Å²) in [6, 6.07) is 84.8. The molecule has 282 valence electrons. The van der Waals surface area contributed by atoms with Gasteiger partial charge in [0.2, 0.25) is 0 Å². The summed E-state index contributed by atoms with van der Waals surface area (Å²) in [6.07, 6.45) is 0. The molecule has 0 amide bonds. The van der Waals surface area contributed by atoms with Gasteiger partial charge in [-0.1, -0.05) is 200 Å². The summed E-state index contributed by atoms with van der Waals surface area (Å²) in [4.78, 5) is 2.44. The summed E-state index contributed by atoms with van der Waals surface area (Å²) < 4.78 is 6.61. The molecule has 11 rings (SSSR count). The normalized spacial score (nSPS) is 11.3. The minimum atomic E-state index is 0.878. The molecule has 0 unspecified atom stereocenters. The van der Waals surface area contributed by atoms with Gasteiger partial charge in [-0.05, 0) is 85.9 Å². The summed E-state index contributed by atoms with van der Waals surface area (Å²) in [5.41, 5.74) is 14.5. The van der Waals surface area contributed by atoms with Gasteiger partial charge in [-0.25, -0.2) is 0 Å². The van der Waals surface area contributed by atoms with Gasteiger partial charge in [0.1, 0.15) is 11.3 Å². The Balaban J connectivity index is 1.04. The fourth-order valence-corrected chi connectivity index (χ4v) is 8.80. The molecule has 0 fully saturated rings. The number of nitrogens with zero attached hydrogens (tertiary/aromatic N) is 1. The Kier molecular flexibility index (Phi) is 8.87. The average molecular weight is 766 g/mol. The van der Waals surface area contributed by atoms with Crippen molar-refractivity contribution in [3.05, 3.63) is 237 Å². The predicted octanol–water partition coefficient (Wildman–Crippen LogP) is 16.5. The van der Waals surface area contributed by atoms with Crippen molar-refractivity contribution in [2.45, 2.75) is 0 Å². The molecule has 0 bridgehead atoms. The Morgan fingerprint density at radius 3 is 1.62 bits per heavy atom. The van der Waals surface area contributed by atoms with E-state index in [-0.39, 0.29) is 0 Å². The van der Waals surface area contributed by atoms with Crippen LogP contribution in [0.3, 0.4) is 0 Å². The van der Waals surface area contributed by atoms with Crippen LogP contribution in [0.4, 0.5) is 17.1 Å². The number of anilines is 3. The van der Waals surface area contributed by atoms with Crippen LogP contribution in [0, 0.1) is 0 Å². The highest BCUT2D eigenvalue weighted by molar-refractivity contribution is 6.15. The first-order valence-electron chi connectivity index (χ1n) is 20.5. The Bertz CT molecular complexity index is 3290. The lowest BCUT2D eigenvalue weighted by Gasteiger charge is -2.30. The molecule has 1 heterocycles. The van der Waals surface area contributed by atoms with E-state index in [4.69, 9.17) is 4.42 Å². The van der Waals surface area contributed by atoms with Gasteiger partial charge in [0.05, 0.1) is 11.4 Å². The molecule has 0 spiro atoms. The number of hydrogen-bond acceptors (Lipinski definition) is 2. The zero-order chi connectivity index (χ0) is 39.8. The Hall–Kier alpha value is -7.94. The van der Waals surface area contributed by atoms with Gasteiger partial charge in [-0.15, -0.1) is 0 Å². The lowest BCUT2D eigenvalue weighted by Crippen LogP contribution is -2.12. The Labute approximate surface area is 349 Å². The van der Waals surface area contributed by atoms with E-state index in [9.17, 15) is 0 Å². The number of fused-ring (bicyclic) bond motifs is 4. The summed E-state index contributed by atoms with van der Waals surface area (Å²) in [5.74, 6) is 0.878. The molecule has 10 aromatic carbocycles. The molecule has 11 aromatic rings. The second-order valence-electron chi connectivity index (χ2n) is 15.3. The Morgan fingerprint density at radius 2 is 0.833 bits per heavy atom. The summed E-state index contributed by atoms with van der Waals surface area (Å²) >= 11 is 0. The number of benzene rings is 10. The van der Waals surface area contributed by atoms with Crippen molar-refractivity contribution in [2.24, 2.45) is 0 Å². The van der Waals surface area contributed by atoms with Crippen LogP contribution >= 0.6 is 0 Å². The molecule has 0 radical (unpaired) electrons. The van der Waals surface area contributed by atoms with E-state index in [2.05, 4.69) is 235 Å². The molecule has 2 nitrogen and oxygen atoms in total. The maximum absolute atomic E-state index is 6.61. The van der Waals surface area contributed by atoms with Gasteiger partial charge in [-0.3, -0.25) is 0 Å². The van der Waals surface area contributed by atoms with E-state index < -0.39 is 0 Å². The third-order valence-corrected chi connectivity index (χ3v) is 11.7. The van der Waals surface area contributed by atoms with Crippen LogP contribution in [0.15, 0.2) is 241 Å². The maximum Gasteiger partial charge on any atom is 0.143 e. The van der Waals surface area contributed by atoms with E-state index in [1.165, 1.54) is 32.7 Å². The SMILES string of the molecule is c1ccc(-c2ccc(-c3ccccc3N(c3ccc(-c4cccc(-c5oc6ccccc6c5-c5ccccc5)c4)cc3)c3cc4ccccc4c4ccccc34)cc2)cc1. The molecular formula is C58H39NO. The smallest absolute Gasteiger partial charge is 0.143 e. The van der Waals surface area contributed by atoms with E-state index >= 15 is 0 Å². The first kappa shape index (κ1) is 35.2. The van der Waals surface area contributed by atoms with Gasteiger partial charge in [0.15, 0.2) is 0 Å². The highest BCUT2D eigenvalue weighted by Gasteiger charge is 2.22. The van der Waals surface area contributed by atoms with Gasteiger partial charge in [0.25, 0.3) is 0 Å². The van der Waals surface area contributed by atoms with Crippen molar-refractivity contribution >= 4 is 49.6 Å². The summed E-state index contributed by atoms with van der Waals surface area (Å²) in [5, 5.41) is 5.99. The van der Waals surface area contributed by atoms with Crippen LogP contribution in [-0.4, -0.2) is 0 Å². The fraction of sp³-hybridized carbons (Fsp3) is 0. The highest BCUT2D eigenvalue weighted by atomic mass is 16.3. The van der Waals surface area contributed by atoms with Gasteiger partial charge >= 0.3 is 0 Å². The Morgan fingerprint density at radius 1 is 0.300 bits per heavy atom. The molecule has 2 heteroatoms. The second-order valence-corrected chi connectivity index (χ2v) is 15.3. The molecule has 0 aliphatic heterocycles. The molecule has 0 N–H and O–H groups in total. The largest absolute Gasteiger partial charge is 0.455 e. The fourth-order valence-electron chi connectivity index (χ4n) is 8.80. The van der Waals surface area contributed by atoms with Gasteiger partial charge in [-0.2, -0.15) is 0 Å². The molecule has 0 saturated carbocycles. The molecule has 1 aromatic heterocycles. The van der Waals surface area contributed by atoms with Crippen molar-refractivity contribution in [3.8, 4) is 55.8 Å². The number of para-hydroxylation sites is 2. The first-order valence-corrected chi connectivity index (χ1v) is 20.5. The number of furan rings is 1. The van der Waals surface area contributed by atoms with Crippen molar-refractivity contribution < 1.29 is 4.42 Å². The third-order valence-electron chi connectivity index (χ3n) is 11.7. The number of hydrogen-bond donors (Lipinski definition) is 0. The first-order chi connectivity index (χ1) is 29.8. The quantitative estimate of drug-likeness (QED) is 0.143. The monoisotopic (exact) mass is 765 g/mol. The van der Waals surface area contributed by atoms with Gasteiger partial charge in [0, 0.05) is 33.2 Å². The van der Waals surface area contributed by atoms with Crippen LogP contribution in [-0.2, 0) is 0 Å². The lowest BCUT2D eigenvalue weighted by atomic mass is 9.95. The van der Waals surface area contributed by atoms with Crippen LogP contribution < -0.4 is 4.90 Å². The summed E-state index contributed by atoms with van der Waals surface area (Å²) in [7, 11) is 0. The highest BCUT2D eigenvalue weighted by Crippen LogP contribution is 2.46. The van der Waals surface area contributed by atoms with E-state index in [1.807, 2.05) is 6.07 Å². The maximum atomic E-state index is 6.61. The molecule has 60 heavy (non-hydrogen) atoms. The van der Waals surface area contributed by atoms with Gasteiger partial charge < -0.3 is 9.32 Å². The minimum absolute atomic E-state index is 0.878. The van der Waals surface area contributed by atoms with Crippen LogP contribution in [0.2, 0.25) is 0 Å². The zero-order valence-corrected chi connectivity index (χ0v) is 32.9. The summed E-state index contributed by atoms with van der Waals surface area (Å²) in [6.45, 7) is 0. The topological polar surface area (TPSA) is 16.4 Å². The molecule has 0 atom stereocenters. The molecule has 0 aliphatic carbocycles. The lowest BCUT2D eigenvalue weighted by molar-refractivity contribution is 0.632. The van der Waals surface area contributed by atoms with Crippen molar-refractivity contribution in [3.63, 3.8) is 0 Å². The zero-order valence-electron chi connectivity index (χ0n) is 32.9. The average Bonchev–Trinajstić information content (AvgIpc) is 3.73. The van der Waals surface area contributed by atoms with Crippen LogP contribution in [0.5, 0.6) is 0 Å². The molecule has 0 aliphatic rings. The van der Waals surface area contributed by atoms with Crippen molar-refractivity contribution in [1.82, 2.24) is 0 Å². The van der Waals surface area contributed by atoms with E-state index in [0.29, 0.717) is 0 Å². The van der Waals surface area contributed by atoms with E-state index in [0.717, 1.165) is 72.7 Å². The molecule has 0 saturated heterocycles. The van der Waals surface area contributed by atoms with Crippen molar-refractivity contribution in [1.29, 1.82) is 0 Å². The van der Waals surface area contributed by atoms with Crippen LogP contribution in [0.1, 0.15) is 0 Å². The number of rotatable bonds is 8. The van der Waals surface area contributed by atoms with Crippen molar-refractivity contribution in [2.75, 3.05) is 4.90 Å². The molecular weight excluding hydrogens is 727 g/mol. The van der Waals surface area contributed by atoms with Crippen LogP contribution in [0.25, 0.3) is 88.3 Å². The third kappa shape index (κ3) is 6.32. The second kappa shape index (κ2) is 15.1.